The standard InChI is InChI=1S/C30H35N5O7/c1-4-30(40)22-11-24-27-20(13-35(24)28(38)21(22)14-42-29(30)39)18(19-7-5-6-8-23(19)33-27)9-10-34(17(2)3)26(37)15-41-16-32-25(36)12-31/h5-8,11,17,40H,4,9-10,12-16,31H2,1-3H3,(H,32,36)/t30-/m0/s1. The summed E-state index contributed by atoms with van der Waals surface area (Å²) in [6, 6.07) is 9.26. The van der Waals surface area contributed by atoms with E-state index < -0.39 is 11.6 Å². The van der Waals surface area contributed by atoms with Crippen molar-refractivity contribution in [2.24, 2.45) is 5.73 Å². The summed E-state index contributed by atoms with van der Waals surface area (Å²) in [6.07, 6.45) is 0.551. The molecule has 0 aliphatic carbocycles. The third kappa shape index (κ3) is 5.06. The second-order valence-corrected chi connectivity index (χ2v) is 10.8. The van der Waals surface area contributed by atoms with E-state index in [0.29, 0.717) is 24.4 Å². The van der Waals surface area contributed by atoms with Crippen LogP contribution in [0.5, 0.6) is 0 Å². The first-order chi connectivity index (χ1) is 20.1. The van der Waals surface area contributed by atoms with Crippen molar-refractivity contribution in [3.63, 3.8) is 0 Å². The van der Waals surface area contributed by atoms with Gasteiger partial charge in [-0.2, -0.15) is 0 Å². The van der Waals surface area contributed by atoms with Crippen LogP contribution in [0.3, 0.4) is 0 Å². The topological polar surface area (TPSA) is 166 Å². The summed E-state index contributed by atoms with van der Waals surface area (Å²) in [5, 5.41) is 14.6. The van der Waals surface area contributed by atoms with E-state index in [9.17, 15) is 24.3 Å². The second kappa shape index (κ2) is 11.6. The molecule has 12 nitrogen and oxygen atoms in total. The van der Waals surface area contributed by atoms with Crippen molar-refractivity contribution in [1.29, 1.82) is 0 Å². The van der Waals surface area contributed by atoms with Crippen molar-refractivity contribution < 1.29 is 29.0 Å². The number of rotatable bonds is 10. The van der Waals surface area contributed by atoms with E-state index in [4.69, 9.17) is 20.2 Å². The lowest BCUT2D eigenvalue weighted by Gasteiger charge is -2.31. The van der Waals surface area contributed by atoms with Crippen molar-refractivity contribution >= 4 is 28.7 Å². The molecule has 0 spiro atoms. The van der Waals surface area contributed by atoms with E-state index in [-0.39, 0.29) is 74.0 Å². The Balaban J connectivity index is 1.49. The molecule has 2 aromatic heterocycles. The smallest absolute Gasteiger partial charge is 0.343 e. The quantitative estimate of drug-likeness (QED) is 0.141. The molecule has 2 aliphatic heterocycles. The summed E-state index contributed by atoms with van der Waals surface area (Å²) in [7, 11) is 0. The van der Waals surface area contributed by atoms with Gasteiger partial charge in [-0.1, -0.05) is 25.1 Å². The minimum absolute atomic E-state index is 0.0627. The number of carbonyl (C=O) groups is 3. The molecule has 0 fully saturated rings. The number of para-hydroxylation sites is 1. The molecule has 42 heavy (non-hydrogen) atoms. The van der Waals surface area contributed by atoms with Crippen LogP contribution < -0.4 is 16.6 Å². The number of hydrogen-bond acceptors (Lipinski definition) is 9. The predicted octanol–water partition coefficient (Wildman–Crippen LogP) is 0.908. The number of nitrogens with one attached hydrogen (secondary N) is 1. The van der Waals surface area contributed by atoms with Crippen LogP contribution >= 0.6 is 0 Å². The van der Waals surface area contributed by atoms with Crippen LogP contribution in [-0.4, -0.2) is 69.8 Å². The van der Waals surface area contributed by atoms with Crippen LogP contribution in [-0.2, 0) is 49.0 Å². The Labute approximate surface area is 242 Å². The van der Waals surface area contributed by atoms with Gasteiger partial charge in [-0.25, -0.2) is 9.78 Å². The minimum Gasteiger partial charge on any atom is -0.458 e. The number of pyridine rings is 2. The predicted molar refractivity (Wildman–Crippen MR) is 153 cm³/mol. The van der Waals surface area contributed by atoms with Crippen molar-refractivity contribution in [2.75, 3.05) is 26.4 Å². The van der Waals surface area contributed by atoms with Crippen LogP contribution in [0.15, 0.2) is 35.1 Å². The highest BCUT2D eigenvalue weighted by Crippen LogP contribution is 2.40. The zero-order valence-corrected chi connectivity index (χ0v) is 23.9. The fraction of sp³-hybridized carbons (Fsp3) is 0.433. The average Bonchev–Trinajstić information content (AvgIpc) is 3.35. The van der Waals surface area contributed by atoms with Gasteiger partial charge in [0.1, 0.15) is 19.9 Å². The number of aromatic nitrogens is 2. The third-order valence-electron chi connectivity index (χ3n) is 8.04. The first-order valence-electron chi connectivity index (χ1n) is 14.0. The summed E-state index contributed by atoms with van der Waals surface area (Å²) >= 11 is 0. The van der Waals surface area contributed by atoms with E-state index in [1.54, 1.807) is 22.5 Å². The molecule has 5 rings (SSSR count). The van der Waals surface area contributed by atoms with Crippen LogP contribution in [0.4, 0.5) is 0 Å². The number of ether oxygens (including phenoxy) is 2. The molecule has 0 saturated heterocycles. The number of esters is 1. The molecular weight excluding hydrogens is 542 g/mol. The fourth-order valence-electron chi connectivity index (χ4n) is 5.73. The number of aliphatic hydroxyl groups is 1. The second-order valence-electron chi connectivity index (χ2n) is 10.8. The Morgan fingerprint density at radius 3 is 2.74 bits per heavy atom. The first kappa shape index (κ1) is 29.4. The molecule has 0 radical (unpaired) electrons. The van der Waals surface area contributed by atoms with Crippen molar-refractivity contribution in [1.82, 2.24) is 19.8 Å². The summed E-state index contributed by atoms with van der Waals surface area (Å²) < 4.78 is 12.2. The molecule has 222 valence electrons. The van der Waals surface area contributed by atoms with Gasteiger partial charge in [0, 0.05) is 29.1 Å². The van der Waals surface area contributed by atoms with Gasteiger partial charge >= 0.3 is 5.97 Å². The lowest BCUT2D eigenvalue weighted by atomic mass is 9.86. The van der Waals surface area contributed by atoms with Gasteiger partial charge in [-0.3, -0.25) is 14.4 Å². The molecule has 12 heteroatoms. The fourth-order valence-corrected chi connectivity index (χ4v) is 5.73. The van der Waals surface area contributed by atoms with Gasteiger partial charge in [0.15, 0.2) is 5.60 Å². The molecule has 4 heterocycles. The first-order valence-corrected chi connectivity index (χ1v) is 14.0. The molecule has 2 aliphatic rings. The zero-order valence-electron chi connectivity index (χ0n) is 23.9. The van der Waals surface area contributed by atoms with Crippen LogP contribution in [0.1, 0.15) is 49.4 Å². The van der Waals surface area contributed by atoms with E-state index >= 15 is 0 Å². The largest absolute Gasteiger partial charge is 0.458 e. The minimum atomic E-state index is -1.90. The number of carbonyl (C=O) groups excluding carboxylic acids is 3. The van der Waals surface area contributed by atoms with Crippen LogP contribution in [0, 0.1) is 0 Å². The number of fused-ring (bicyclic) bond motifs is 5. The number of cyclic esters (lactones) is 1. The molecule has 0 bridgehead atoms. The number of nitrogens with zero attached hydrogens (tertiary/aromatic N) is 3. The van der Waals surface area contributed by atoms with Gasteiger partial charge < -0.3 is 35.1 Å². The Morgan fingerprint density at radius 2 is 2.02 bits per heavy atom. The van der Waals surface area contributed by atoms with Gasteiger partial charge in [0.2, 0.25) is 11.8 Å². The van der Waals surface area contributed by atoms with Crippen molar-refractivity contribution in [3.8, 4) is 11.4 Å². The zero-order chi connectivity index (χ0) is 30.2. The molecular formula is C30H35N5O7. The van der Waals surface area contributed by atoms with E-state index in [1.807, 2.05) is 38.1 Å². The summed E-state index contributed by atoms with van der Waals surface area (Å²) in [5.74, 6) is -1.37. The van der Waals surface area contributed by atoms with E-state index in [1.165, 1.54) is 0 Å². The Bertz CT molecular complexity index is 1630. The summed E-state index contributed by atoms with van der Waals surface area (Å²) in [6.45, 7) is 5.48. The Kier molecular flexibility index (Phi) is 8.13. The molecule has 4 N–H and O–H groups in total. The highest BCUT2D eigenvalue weighted by molar-refractivity contribution is 5.89. The summed E-state index contributed by atoms with van der Waals surface area (Å²) in [4.78, 5) is 57.2. The third-order valence-corrected chi connectivity index (χ3v) is 8.04. The van der Waals surface area contributed by atoms with Gasteiger partial charge in [0.25, 0.3) is 5.56 Å². The van der Waals surface area contributed by atoms with Crippen molar-refractivity contribution in [2.45, 2.75) is 58.4 Å². The van der Waals surface area contributed by atoms with Gasteiger partial charge in [-0.05, 0) is 44.4 Å². The Hall–Kier alpha value is -4.13. The molecule has 1 aromatic carbocycles. The number of benzene rings is 1. The highest BCUT2D eigenvalue weighted by Gasteiger charge is 2.45. The lowest BCUT2D eigenvalue weighted by molar-refractivity contribution is -0.172. The van der Waals surface area contributed by atoms with Crippen LogP contribution in [0.2, 0.25) is 0 Å². The molecule has 2 amide bonds. The van der Waals surface area contributed by atoms with E-state index in [2.05, 4.69) is 5.32 Å². The number of nitrogens with two attached hydrogens (primary N) is 1. The summed E-state index contributed by atoms with van der Waals surface area (Å²) in [5.41, 5.74) is 7.27. The number of hydrogen-bond donors (Lipinski definition) is 3. The average molecular weight is 578 g/mol. The van der Waals surface area contributed by atoms with Gasteiger partial charge in [0.05, 0.1) is 35.6 Å². The van der Waals surface area contributed by atoms with Crippen LogP contribution in [0.25, 0.3) is 22.3 Å². The maximum Gasteiger partial charge on any atom is 0.343 e. The molecule has 3 aromatic rings. The Morgan fingerprint density at radius 1 is 1.26 bits per heavy atom. The highest BCUT2D eigenvalue weighted by atomic mass is 16.6. The normalized spacial score (nSPS) is 17.0. The molecule has 0 saturated carbocycles. The lowest BCUT2D eigenvalue weighted by Crippen LogP contribution is -2.44. The number of amides is 2. The molecule has 0 unspecified atom stereocenters. The van der Waals surface area contributed by atoms with Gasteiger partial charge in [-0.15, -0.1) is 0 Å². The monoisotopic (exact) mass is 577 g/mol. The maximum absolute atomic E-state index is 13.7. The maximum atomic E-state index is 13.7. The SMILES string of the molecule is CC[C@@]1(O)C(=O)OCc2c1cc1n(c2=O)Cc2c-1nc1ccccc1c2CCN(C(=O)COCNC(=O)CN)C(C)C. The molecule has 1 atom stereocenters. The van der Waals surface area contributed by atoms with Crippen molar-refractivity contribution in [3.05, 3.63) is 62.9 Å². The van der Waals surface area contributed by atoms with E-state index in [0.717, 1.165) is 22.0 Å².